The molecule has 0 aromatic heterocycles. The molecule has 0 unspecified atom stereocenters. The second-order valence-electron chi connectivity index (χ2n) is 12.4. The van der Waals surface area contributed by atoms with E-state index in [2.05, 4.69) is 27.7 Å². The smallest absolute Gasteiger partial charge is 0.305 e. The number of rotatable bonds is 4. The first kappa shape index (κ1) is 23.5. The van der Waals surface area contributed by atoms with Crippen LogP contribution in [0.15, 0.2) is 0 Å². The van der Waals surface area contributed by atoms with Crippen LogP contribution < -0.4 is 5.73 Å². The van der Waals surface area contributed by atoms with Gasteiger partial charge in [-0.1, -0.05) is 27.7 Å². The van der Waals surface area contributed by atoms with Gasteiger partial charge in [0.05, 0.1) is 19.3 Å². The molecule has 5 heteroatoms. The molecule has 4 aliphatic rings. The van der Waals surface area contributed by atoms with Crippen molar-refractivity contribution in [3.8, 4) is 0 Å². The molecule has 0 aromatic rings. The first-order valence-corrected chi connectivity index (χ1v) is 12.7. The Labute approximate surface area is 188 Å². The maximum Gasteiger partial charge on any atom is 0.305 e. The van der Waals surface area contributed by atoms with Gasteiger partial charge in [0.2, 0.25) is 0 Å². The van der Waals surface area contributed by atoms with Crippen LogP contribution in [0.5, 0.6) is 0 Å². The van der Waals surface area contributed by atoms with Gasteiger partial charge in [0.25, 0.3) is 0 Å². The zero-order chi connectivity index (χ0) is 22.8. The quantitative estimate of drug-likeness (QED) is 0.583. The highest BCUT2D eigenvalue weighted by molar-refractivity contribution is 5.69. The topological polar surface area (TPSA) is 92.8 Å². The average Bonchev–Trinajstić information content (AvgIpc) is 3.09. The molecule has 0 radical (unpaired) electrons. The summed E-state index contributed by atoms with van der Waals surface area (Å²) in [4.78, 5) is 11.7. The molecule has 0 heterocycles. The van der Waals surface area contributed by atoms with Gasteiger partial charge < -0.3 is 20.7 Å². The minimum Gasteiger partial charge on any atom is -0.469 e. The van der Waals surface area contributed by atoms with Crippen molar-refractivity contribution in [3.63, 3.8) is 0 Å². The van der Waals surface area contributed by atoms with Crippen molar-refractivity contribution in [2.24, 2.45) is 51.6 Å². The average molecular weight is 436 g/mol. The van der Waals surface area contributed by atoms with E-state index in [1.54, 1.807) is 0 Å². The second kappa shape index (κ2) is 7.99. The van der Waals surface area contributed by atoms with Gasteiger partial charge >= 0.3 is 5.97 Å². The molecule has 4 aliphatic carbocycles. The minimum absolute atomic E-state index is 0.0299. The maximum atomic E-state index is 11.7. The largest absolute Gasteiger partial charge is 0.469 e. The zero-order valence-electron chi connectivity index (χ0n) is 20.3. The van der Waals surface area contributed by atoms with Gasteiger partial charge in [0.15, 0.2) is 0 Å². The number of carbonyl (C=O) groups excluding carboxylic acids is 1. The Morgan fingerprint density at radius 2 is 1.77 bits per heavy atom. The third kappa shape index (κ3) is 3.32. The van der Waals surface area contributed by atoms with Crippen molar-refractivity contribution >= 4 is 5.97 Å². The highest BCUT2D eigenvalue weighted by Crippen LogP contribution is 2.72. The summed E-state index contributed by atoms with van der Waals surface area (Å²) >= 11 is 0. The Balaban J connectivity index is 1.62. The lowest BCUT2D eigenvalue weighted by molar-refractivity contribution is -0.228. The van der Waals surface area contributed by atoms with Gasteiger partial charge in [-0.25, -0.2) is 0 Å². The van der Waals surface area contributed by atoms with Crippen LogP contribution in [0.1, 0.15) is 85.5 Å². The molecule has 178 valence electrons. The van der Waals surface area contributed by atoms with E-state index in [9.17, 15) is 15.0 Å². The lowest BCUT2D eigenvalue weighted by Gasteiger charge is -2.69. The fourth-order valence-corrected chi connectivity index (χ4v) is 9.37. The van der Waals surface area contributed by atoms with E-state index in [4.69, 9.17) is 10.5 Å². The van der Waals surface area contributed by atoms with Crippen LogP contribution in [0.2, 0.25) is 0 Å². The number of fused-ring (bicyclic) bond motifs is 5. The van der Waals surface area contributed by atoms with Gasteiger partial charge in [0.1, 0.15) is 0 Å². The van der Waals surface area contributed by atoms with Crippen molar-refractivity contribution in [2.45, 2.75) is 104 Å². The van der Waals surface area contributed by atoms with Crippen LogP contribution in [0.4, 0.5) is 0 Å². The summed E-state index contributed by atoms with van der Waals surface area (Å²) in [6.07, 6.45) is 7.76. The SMILES string of the molecule is COC(=O)CC[C@@H](C)[C@H]1CC[C@H]2[C@@H]3[C@H](N)[C@H](O)[C@@H]4C[C@H](O)CC[C@]4(C)[C@@]3(C)CC[C@]12C. The van der Waals surface area contributed by atoms with Crippen LogP contribution in [-0.2, 0) is 9.53 Å². The Bertz CT molecular complexity index is 699. The first-order valence-electron chi connectivity index (χ1n) is 12.7. The number of esters is 1. The standard InChI is InChI=1S/C26H45NO4/c1-15(6-9-20(29)31-5)17-7-8-18-21-22(27)23(30)19-14-16(28)10-11-25(19,3)26(21,4)13-12-24(17,18)2/h15-19,21-23,28,30H,6-14,27H2,1-5H3/t15-,16-,17-,18+,19+,21-,22+,23-,24-,25+,26+/m1/s1. The Hall–Kier alpha value is -0.650. The lowest BCUT2D eigenvalue weighted by atomic mass is 9.36. The molecule has 0 aliphatic heterocycles. The first-order chi connectivity index (χ1) is 14.5. The molecular weight excluding hydrogens is 390 g/mol. The molecule has 31 heavy (non-hydrogen) atoms. The highest BCUT2D eigenvalue weighted by atomic mass is 16.5. The number of hydrogen-bond acceptors (Lipinski definition) is 5. The molecule has 0 saturated heterocycles. The molecule has 0 bridgehead atoms. The van der Waals surface area contributed by atoms with Gasteiger partial charge in [-0.3, -0.25) is 4.79 Å². The number of methoxy groups -OCH3 is 1. The zero-order valence-corrected chi connectivity index (χ0v) is 20.3. The number of aliphatic hydroxyl groups is 2. The van der Waals surface area contributed by atoms with Crippen LogP contribution in [0, 0.1) is 45.8 Å². The third-order valence-corrected chi connectivity index (χ3v) is 11.4. The molecule has 0 aromatic carbocycles. The van der Waals surface area contributed by atoms with E-state index >= 15 is 0 Å². The summed E-state index contributed by atoms with van der Waals surface area (Å²) in [5.74, 6) is 1.89. The number of hydrogen-bond donors (Lipinski definition) is 3. The highest BCUT2D eigenvalue weighted by Gasteiger charge is 2.69. The van der Waals surface area contributed by atoms with E-state index < -0.39 is 6.10 Å². The monoisotopic (exact) mass is 435 g/mol. The van der Waals surface area contributed by atoms with E-state index in [1.165, 1.54) is 26.4 Å². The summed E-state index contributed by atoms with van der Waals surface area (Å²) in [5.41, 5.74) is 7.24. The molecule has 0 spiro atoms. The van der Waals surface area contributed by atoms with Crippen LogP contribution >= 0.6 is 0 Å². The predicted molar refractivity (Wildman–Crippen MR) is 121 cm³/mol. The van der Waals surface area contributed by atoms with Crippen LogP contribution in [-0.4, -0.2) is 41.5 Å². The van der Waals surface area contributed by atoms with Crippen molar-refractivity contribution in [3.05, 3.63) is 0 Å². The molecule has 0 amide bonds. The number of aliphatic hydroxyl groups excluding tert-OH is 2. The lowest BCUT2D eigenvalue weighted by Crippen LogP contribution is -2.70. The molecule has 5 nitrogen and oxygen atoms in total. The van der Waals surface area contributed by atoms with E-state index in [0.717, 1.165) is 25.7 Å². The summed E-state index contributed by atoms with van der Waals surface area (Å²) in [6, 6.07) is -0.220. The summed E-state index contributed by atoms with van der Waals surface area (Å²) < 4.78 is 4.87. The molecule has 4 saturated carbocycles. The molecule has 11 atom stereocenters. The summed E-state index contributed by atoms with van der Waals surface area (Å²) in [7, 11) is 1.47. The normalized spacial score (nSPS) is 52.6. The van der Waals surface area contributed by atoms with Gasteiger partial charge in [-0.15, -0.1) is 0 Å². The number of nitrogens with two attached hydrogens (primary N) is 1. The fraction of sp³-hybridized carbons (Fsp3) is 0.962. The molecule has 4 rings (SSSR count). The van der Waals surface area contributed by atoms with Crippen molar-refractivity contribution in [1.29, 1.82) is 0 Å². The third-order valence-electron chi connectivity index (χ3n) is 11.4. The predicted octanol–water partition coefficient (Wildman–Crippen LogP) is 3.89. The van der Waals surface area contributed by atoms with E-state index in [-0.39, 0.29) is 40.3 Å². The van der Waals surface area contributed by atoms with Gasteiger partial charge in [0, 0.05) is 12.5 Å². The molecule has 4 fully saturated rings. The summed E-state index contributed by atoms with van der Waals surface area (Å²) in [6.45, 7) is 9.63. The minimum atomic E-state index is -0.531. The molecular formula is C26H45NO4. The van der Waals surface area contributed by atoms with E-state index in [0.29, 0.717) is 36.5 Å². The fourth-order valence-electron chi connectivity index (χ4n) is 9.37. The van der Waals surface area contributed by atoms with Crippen molar-refractivity contribution < 1.29 is 19.7 Å². The van der Waals surface area contributed by atoms with Gasteiger partial charge in [-0.2, -0.15) is 0 Å². The van der Waals surface area contributed by atoms with Crippen molar-refractivity contribution in [2.75, 3.05) is 7.11 Å². The van der Waals surface area contributed by atoms with Crippen molar-refractivity contribution in [1.82, 2.24) is 0 Å². The van der Waals surface area contributed by atoms with E-state index in [1.807, 2.05) is 0 Å². The Kier molecular flexibility index (Phi) is 6.06. The maximum absolute atomic E-state index is 11.7. The molecule has 4 N–H and O–H groups in total. The Morgan fingerprint density at radius 3 is 2.45 bits per heavy atom. The van der Waals surface area contributed by atoms with Crippen LogP contribution in [0.3, 0.4) is 0 Å². The van der Waals surface area contributed by atoms with Crippen LogP contribution in [0.25, 0.3) is 0 Å². The second-order valence-corrected chi connectivity index (χ2v) is 12.4. The van der Waals surface area contributed by atoms with Gasteiger partial charge in [-0.05, 0) is 97.2 Å². The number of carbonyl (C=O) groups is 1. The Morgan fingerprint density at radius 1 is 1.06 bits per heavy atom. The summed E-state index contributed by atoms with van der Waals surface area (Å²) in [5, 5.41) is 21.7. The number of ether oxygens (including phenoxy) is 1.